The zero-order chi connectivity index (χ0) is 22.6. The molecule has 0 bridgehead atoms. The average molecular weight is 461 g/mol. The fourth-order valence-corrected chi connectivity index (χ4v) is 5.01. The molecule has 0 saturated carbocycles. The molecule has 4 aromatic rings. The number of fused-ring (bicyclic) bond motifs is 2. The van der Waals surface area contributed by atoms with Gasteiger partial charge < -0.3 is 9.88 Å². The predicted octanol–water partition coefficient (Wildman–Crippen LogP) is 4.54. The molecule has 33 heavy (non-hydrogen) atoms. The Hall–Kier alpha value is -3.13. The molecule has 1 aliphatic rings. The van der Waals surface area contributed by atoms with Crippen LogP contribution in [0, 0.1) is 0 Å². The average Bonchev–Trinajstić information content (AvgIpc) is 3.36. The highest BCUT2D eigenvalue weighted by Crippen LogP contribution is 2.28. The van der Waals surface area contributed by atoms with Crippen molar-refractivity contribution < 1.29 is 4.79 Å². The van der Waals surface area contributed by atoms with Gasteiger partial charge in [0.15, 0.2) is 11.5 Å². The maximum Gasteiger partial charge on any atom is 0.272 e. The second-order valence-corrected chi connectivity index (χ2v) is 9.34. The molecule has 5 rings (SSSR count). The third-order valence-corrected chi connectivity index (χ3v) is 6.83. The first-order valence-electron chi connectivity index (χ1n) is 11.5. The van der Waals surface area contributed by atoms with Crippen LogP contribution in [-0.4, -0.2) is 42.1 Å². The fraction of sp³-hybridized carbons (Fsp3) is 0.360. The van der Waals surface area contributed by atoms with E-state index in [4.69, 9.17) is 4.98 Å². The summed E-state index contributed by atoms with van der Waals surface area (Å²) in [5.41, 5.74) is 3.40. The molecule has 3 aromatic heterocycles. The third-order valence-electron chi connectivity index (χ3n) is 6.18. The van der Waals surface area contributed by atoms with Gasteiger partial charge in [-0.25, -0.2) is 4.98 Å². The van der Waals surface area contributed by atoms with Gasteiger partial charge in [0.05, 0.1) is 11.7 Å². The van der Waals surface area contributed by atoms with Gasteiger partial charge in [-0.15, -0.1) is 10.2 Å². The number of benzene rings is 1. The highest BCUT2D eigenvalue weighted by molar-refractivity contribution is 7.98. The fourth-order valence-electron chi connectivity index (χ4n) is 4.53. The maximum atomic E-state index is 13.6. The van der Waals surface area contributed by atoms with Crippen LogP contribution in [-0.2, 0) is 13.0 Å². The Balaban J connectivity index is 1.50. The van der Waals surface area contributed by atoms with E-state index in [-0.39, 0.29) is 11.9 Å². The summed E-state index contributed by atoms with van der Waals surface area (Å²) in [5.74, 6) is 2.40. The summed E-state index contributed by atoms with van der Waals surface area (Å²) in [6.45, 7) is 0.893. The van der Waals surface area contributed by atoms with Gasteiger partial charge in [0, 0.05) is 18.3 Å². The van der Waals surface area contributed by atoms with Crippen LogP contribution in [0.4, 0.5) is 0 Å². The zero-order valence-corrected chi connectivity index (χ0v) is 19.6. The summed E-state index contributed by atoms with van der Waals surface area (Å²) in [7, 11) is 0. The van der Waals surface area contributed by atoms with E-state index in [1.54, 1.807) is 11.8 Å². The van der Waals surface area contributed by atoms with E-state index >= 15 is 0 Å². The van der Waals surface area contributed by atoms with Gasteiger partial charge in [-0.05, 0) is 49.8 Å². The number of rotatable bonds is 7. The van der Waals surface area contributed by atoms with Gasteiger partial charge in [0.2, 0.25) is 0 Å². The number of pyridine rings is 1. The van der Waals surface area contributed by atoms with Crippen LogP contribution in [0.15, 0.2) is 54.7 Å². The first-order chi connectivity index (χ1) is 16.3. The van der Waals surface area contributed by atoms with Crippen molar-refractivity contribution in [2.45, 2.75) is 44.7 Å². The minimum atomic E-state index is -0.245. The molecular weight excluding hydrogens is 432 g/mol. The number of nitrogens with zero attached hydrogens (tertiary/aromatic N) is 5. The number of hydrogen-bond acceptors (Lipinski definition) is 5. The lowest BCUT2D eigenvalue weighted by atomic mass is 10.1. The topological polar surface area (TPSA) is 77.1 Å². The Morgan fingerprint density at radius 2 is 1.94 bits per heavy atom. The SMILES string of the molecule is CSCCC(NC(=O)c1nc(-c2ccccc2)n2c1CCCCC2)c1nnc2ccccn12. The first-order valence-corrected chi connectivity index (χ1v) is 12.9. The van der Waals surface area contributed by atoms with Crippen molar-refractivity contribution in [2.75, 3.05) is 12.0 Å². The molecule has 8 heteroatoms. The summed E-state index contributed by atoms with van der Waals surface area (Å²) >= 11 is 1.75. The Kier molecular flexibility index (Phi) is 6.44. The normalized spacial score (nSPS) is 14.6. The molecule has 1 atom stereocenters. The predicted molar refractivity (Wildman–Crippen MR) is 131 cm³/mol. The maximum absolute atomic E-state index is 13.6. The molecule has 1 unspecified atom stereocenters. The number of hydrogen-bond donors (Lipinski definition) is 1. The molecule has 1 N–H and O–H groups in total. The Bertz CT molecular complexity index is 1250. The minimum absolute atomic E-state index is 0.137. The number of nitrogens with one attached hydrogen (secondary N) is 1. The second-order valence-electron chi connectivity index (χ2n) is 8.35. The number of imidazole rings is 1. The van der Waals surface area contributed by atoms with Crippen LogP contribution in [0.1, 0.15) is 53.7 Å². The van der Waals surface area contributed by atoms with Crippen LogP contribution >= 0.6 is 11.8 Å². The first kappa shape index (κ1) is 21.7. The lowest BCUT2D eigenvalue weighted by Crippen LogP contribution is -2.31. The molecule has 170 valence electrons. The molecule has 7 nitrogen and oxygen atoms in total. The summed E-state index contributed by atoms with van der Waals surface area (Å²) in [6, 6.07) is 15.7. The van der Waals surface area contributed by atoms with E-state index in [0.717, 1.165) is 66.5 Å². The summed E-state index contributed by atoms with van der Waals surface area (Å²) < 4.78 is 4.20. The summed E-state index contributed by atoms with van der Waals surface area (Å²) in [6.07, 6.45) is 8.99. The van der Waals surface area contributed by atoms with Crippen LogP contribution in [0.2, 0.25) is 0 Å². The Morgan fingerprint density at radius 3 is 2.79 bits per heavy atom. The smallest absolute Gasteiger partial charge is 0.272 e. The van der Waals surface area contributed by atoms with Crippen molar-refractivity contribution in [3.8, 4) is 11.4 Å². The van der Waals surface area contributed by atoms with Gasteiger partial charge >= 0.3 is 0 Å². The van der Waals surface area contributed by atoms with Gasteiger partial charge in [0.25, 0.3) is 5.91 Å². The number of thioether (sulfide) groups is 1. The summed E-state index contributed by atoms with van der Waals surface area (Å²) in [5, 5.41) is 11.9. The molecule has 4 heterocycles. The van der Waals surface area contributed by atoms with Crippen molar-refractivity contribution in [3.63, 3.8) is 0 Å². The number of amides is 1. The van der Waals surface area contributed by atoms with Gasteiger partial charge in [-0.2, -0.15) is 11.8 Å². The standard InChI is InChI=1S/C25H28N6OS/c1-33-17-14-19(24-29-28-21-13-7-9-16-31(21)24)26-25(32)22-20-12-6-3-8-15-30(20)23(27-22)18-10-4-2-5-11-18/h2,4-5,7,9-11,13,16,19H,3,6,8,12,14-15,17H2,1H3,(H,26,32). The quantitative estimate of drug-likeness (QED) is 0.438. The van der Waals surface area contributed by atoms with E-state index in [9.17, 15) is 4.79 Å². The largest absolute Gasteiger partial charge is 0.341 e. The Labute approximate surface area is 197 Å². The van der Waals surface area contributed by atoms with Crippen molar-refractivity contribution in [3.05, 3.63) is 71.9 Å². The Morgan fingerprint density at radius 1 is 1.09 bits per heavy atom. The zero-order valence-electron chi connectivity index (χ0n) is 18.8. The van der Waals surface area contributed by atoms with E-state index in [0.29, 0.717) is 5.69 Å². The van der Waals surface area contributed by atoms with Gasteiger partial charge in [0.1, 0.15) is 11.5 Å². The van der Waals surface area contributed by atoms with Crippen molar-refractivity contribution in [1.29, 1.82) is 0 Å². The number of aromatic nitrogens is 5. The lowest BCUT2D eigenvalue weighted by molar-refractivity contribution is 0.0928. The second kappa shape index (κ2) is 9.79. The van der Waals surface area contributed by atoms with Crippen molar-refractivity contribution in [1.82, 2.24) is 29.5 Å². The highest BCUT2D eigenvalue weighted by Gasteiger charge is 2.27. The number of carbonyl (C=O) groups excluding carboxylic acids is 1. The van der Waals surface area contributed by atoms with Crippen molar-refractivity contribution >= 4 is 23.3 Å². The van der Waals surface area contributed by atoms with Crippen LogP contribution in [0.3, 0.4) is 0 Å². The van der Waals surface area contributed by atoms with Crippen LogP contribution < -0.4 is 5.32 Å². The van der Waals surface area contributed by atoms with Crippen molar-refractivity contribution in [2.24, 2.45) is 0 Å². The van der Waals surface area contributed by atoms with E-state index in [1.165, 1.54) is 6.42 Å². The molecule has 0 radical (unpaired) electrons. The van der Waals surface area contributed by atoms with Crippen LogP contribution in [0.25, 0.3) is 17.0 Å². The highest BCUT2D eigenvalue weighted by atomic mass is 32.2. The number of carbonyl (C=O) groups is 1. The molecule has 1 amide bonds. The van der Waals surface area contributed by atoms with E-state index in [1.807, 2.05) is 47.0 Å². The molecule has 0 saturated heterocycles. The molecule has 0 fully saturated rings. The van der Waals surface area contributed by atoms with Crippen LogP contribution in [0.5, 0.6) is 0 Å². The summed E-state index contributed by atoms with van der Waals surface area (Å²) in [4.78, 5) is 18.5. The lowest BCUT2D eigenvalue weighted by Gasteiger charge is -2.17. The van der Waals surface area contributed by atoms with E-state index < -0.39 is 0 Å². The van der Waals surface area contributed by atoms with Gasteiger partial charge in [-0.3, -0.25) is 9.20 Å². The molecular formula is C25H28N6OS. The van der Waals surface area contributed by atoms with E-state index in [2.05, 4.69) is 38.5 Å². The molecule has 0 aliphatic carbocycles. The molecule has 1 aromatic carbocycles. The molecule has 1 aliphatic heterocycles. The third kappa shape index (κ3) is 4.39. The monoisotopic (exact) mass is 460 g/mol. The van der Waals surface area contributed by atoms with Gasteiger partial charge in [-0.1, -0.05) is 42.8 Å². The molecule has 0 spiro atoms. The minimum Gasteiger partial charge on any atom is -0.341 e.